The molecule has 29 heavy (non-hydrogen) atoms. The highest BCUT2D eigenvalue weighted by Crippen LogP contribution is 2.48. The monoisotopic (exact) mass is 498 g/mol. The average Bonchev–Trinajstić information content (AvgIpc) is 3.21. The van der Waals surface area contributed by atoms with Crippen LogP contribution in [-0.2, 0) is 5.33 Å². The maximum atomic E-state index is 13.0. The zero-order chi connectivity index (χ0) is 20.7. The van der Waals surface area contributed by atoms with Crippen LogP contribution in [0.2, 0.25) is 0 Å². The molecule has 1 aliphatic carbocycles. The van der Waals surface area contributed by atoms with Crippen LogP contribution in [-0.4, -0.2) is 51.6 Å². The maximum Gasteiger partial charge on any atom is 0.251 e. The number of likely N-dealkylation sites (tertiary alicyclic amines) is 1. The summed E-state index contributed by atoms with van der Waals surface area (Å²) in [7, 11) is 0. The second-order valence-electron chi connectivity index (χ2n) is 8.07. The summed E-state index contributed by atoms with van der Waals surface area (Å²) in [4.78, 5) is 15.7. The van der Waals surface area contributed by atoms with Gasteiger partial charge < -0.3 is 5.32 Å². The minimum atomic E-state index is 0.0825. The first kappa shape index (κ1) is 23.5. The van der Waals surface area contributed by atoms with Crippen LogP contribution in [0, 0.1) is 0 Å². The highest BCUT2D eigenvalue weighted by molar-refractivity contribution is 9.08. The van der Waals surface area contributed by atoms with Gasteiger partial charge >= 0.3 is 0 Å². The van der Waals surface area contributed by atoms with Crippen LogP contribution in [0.25, 0.3) is 0 Å². The molecule has 2 atom stereocenters. The first-order valence-electron chi connectivity index (χ1n) is 11.1. The molecule has 1 saturated heterocycles. The molecule has 2 aliphatic rings. The Labute approximate surface area is 193 Å². The Bertz CT molecular complexity index is 643. The van der Waals surface area contributed by atoms with E-state index in [1.165, 1.54) is 62.3 Å². The molecular formula is C23H35BrN2OS2. The summed E-state index contributed by atoms with van der Waals surface area (Å²) in [6.45, 7) is 6.93. The normalized spacial score (nSPS) is 24.9. The largest absolute Gasteiger partial charge is 0.348 e. The van der Waals surface area contributed by atoms with Crippen molar-refractivity contribution in [2.45, 2.75) is 73.9 Å². The molecule has 1 heterocycles. The van der Waals surface area contributed by atoms with Gasteiger partial charge in [0, 0.05) is 23.0 Å². The van der Waals surface area contributed by atoms with Crippen LogP contribution in [0.5, 0.6) is 0 Å². The van der Waals surface area contributed by atoms with Gasteiger partial charge in [0.25, 0.3) is 5.91 Å². The molecule has 0 radical (unpaired) electrons. The molecule has 0 spiro atoms. The highest BCUT2D eigenvalue weighted by atomic mass is 79.9. The first-order valence-corrected chi connectivity index (χ1v) is 14.2. The molecule has 2 unspecified atom stereocenters. The quantitative estimate of drug-likeness (QED) is 0.273. The van der Waals surface area contributed by atoms with Crippen LogP contribution < -0.4 is 5.32 Å². The number of hydrogen-bond acceptors (Lipinski definition) is 4. The van der Waals surface area contributed by atoms with Crippen molar-refractivity contribution in [3.63, 3.8) is 0 Å². The number of amides is 1. The van der Waals surface area contributed by atoms with Gasteiger partial charge in [-0.05, 0) is 80.8 Å². The van der Waals surface area contributed by atoms with Crippen LogP contribution >= 0.6 is 39.5 Å². The Morgan fingerprint density at radius 1 is 1.10 bits per heavy atom. The summed E-state index contributed by atoms with van der Waals surface area (Å²) >= 11 is 7.74. The Hall–Kier alpha value is -0.170. The number of nitrogens with zero attached hydrogens (tertiary/aromatic N) is 1. The van der Waals surface area contributed by atoms with E-state index in [0.717, 1.165) is 17.3 Å². The Balaban J connectivity index is 1.75. The SMILES string of the molecule is CCSC1(SCC)CCC(NC(=O)c2ccc(CBr)cc2)C(N2CCCC2)CC1. The number of hydrogen-bond donors (Lipinski definition) is 1. The van der Waals surface area contributed by atoms with E-state index in [2.05, 4.69) is 63.5 Å². The van der Waals surface area contributed by atoms with E-state index in [1.807, 2.05) is 24.3 Å². The first-order chi connectivity index (χ1) is 14.1. The highest BCUT2D eigenvalue weighted by Gasteiger charge is 2.40. The average molecular weight is 500 g/mol. The zero-order valence-electron chi connectivity index (χ0n) is 17.8. The number of alkyl halides is 1. The predicted molar refractivity (Wildman–Crippen MR) is 132 cm³/mol. The molecule has 1 aliphatic heterocycles. The minimum Gasteiger partial charge on any atom is -0.348 e. The topological polar surface area (TPSA) is 32.3 Å². The van der Waals surface area contributed by atoms with E-state index in [9.17, 15) is 4.79 Å². The molecule has 6 heteroatoms. The number of halogens is 1. The predicted octanol–water partition coefficient (Wildman–Crippen LogP) is 5.92. The summed E-state index contributed by atoms with van der Waals surface area (Å²) in [5.41, 5.74) is 1.97. The number of rotatable bonds is 8. The van der Waals surface area contributed by atoms with Gasteiger partial charge in [-0.25, -0.2) is 0 Å². The Morgan fingerprint density at radius 2 is 1.72 bits per heavy atom. The minimum absolute atomic E-state index is 0.0825. The lowest BCUT2D eigenvalue weighted by molar-refractivity contribution is 0.0893. The third kappa shape index (κ3) is 6.18. The molecule has 1 aromatic carbocycles. The van der Waals surface area contributed by atoms with E-state index < -0.39 is 0 Å². The standard InChI is InChI=1S/C23H35BrN2OS2/c1-3-28-23(29-4-2)13-11-20(21(12-14-23)26-15-5-6-16-26)25-22(27)19-9-7-18(17-24)8-10-19/h7-10,20-21H,3-6,11-17H2,1-2H3,(H,25,27). The van der Waals surface area contributed by atoms with Crippen LogP contribution in [0.1, 0.15) is 68.3 Å². The number of thioether (sulfide) groups is 2. The van der Waals surface area contributed by atoms with Gasteiger partial charge in [0.1, 0.15) is 0 Å². The van der Waals surface area contributed by atoms with E-state index in [1.54, 1.807) is 0 Å². The van der Waals surface area contributed by atoms with Crippen molar-refractivity contribution in [1.29, 1.82) is 0 Å². The second kappa shape index (κ2) is 11.4. The fourth-order valence-electron chi connectivity index (χ4n) is 4.79. The van der Waals surface area contributed by atoms with E-state index >= 15 is 0 Å². The molecular weight excluding hydrogens is 464 g/mol. The number of carbonyl (C=O) groups is 1. The molecule has 0 aromatic heterocycles. The van der Waals surface area contributed by atoms with Crippen molar-refractivity contribution in [3.05, 3.63) is 35.4 Å². The van der Waals surface area contributed by atoms with Crippen LogP contribution in [0.4, 0.5) is 0 Å². The van der Waals surface area contributed by atoms with Crippen molar-refractivity contribution in [3.8, 4) is 0 Å². The van der Waals surface area contributed by atoms with Gasteiger partial charge in [0.15, 0.2) is 0 Å². The molecule has 3 nitrogen and oxygen atoms in total. The second-order valence-corrected chi connectivity index (χ2v) is 12.2. The Kier molecular flexibility index (Phi) is 9.27. The molecule has 2 fully saturated rings. The third-order valence-electron chi connectivity index (χ3n) is 6.23. The van der Waals surface area contributed by atoms with E-state index in [0.29, 0.717) is 10.1 Å². The zero-order valence-corrected chi connectivity index (χ0v) is 21.0. The summed E-state index contributed by atoms with van der Waals surface area (Å²) < 4.78 is 0.318. The Morgan fingerprint density at radius 3 is 2.31 bits per heavy atom. The summed E-state index contributed by atoms with van der Waals surface area (Å²) in [5, 5.41) is 4.27. The lowest BCUT2D eigenvalue weighted by Crippen LogP contribution is -2.50. The summed E-state index contributed by atoms with van der Waals surface area (Å²) in [5.74, 6) is 2.41. The van der Waals surface area contributed by atoms with E-state index in [-0.39, 0.29) is 11.9 Å². The lowest BCUT2D eigenvalue weighted by Gasteiger charge is -2.34. The van der Waals surface area contributed by atoms with E-state index in [4.69, 9.17) is 0 Å². The molecule has 3 rings (SSSR count). The smallest absolute Gasteiger partial charge is 0.251 e. The van der Waals surface area contributed by atoms with Crippen molar-refractivity contribution < 1.29 is 4.79 Å². The van der Waals surface area contributed by atoms with Crippen LogP contribution in [0.15, 0.2) is 24.3 Å². The van der Waals surface area contributed by atoms with Crippen LogP contribution in [0.3, 0.4) is 0 Å². The fourth-order valence-corrected chi connectivity index (χ4v) is 8.31. The number of nitrogens with one attached hydrogen (secondary N) is 1. The number of benzene rings is 1. The molecule has 1 N–H and O–H groups in total. The molecule has 162 valence electrons. The maximum absolute atomic E-state index is 13.0. The van der Waals surface area contributed by atoms with Crippen molar-refractivity contribution in [2.75, 3.05) is 24.6 Å². The molecule has 0 bridgehead atoms. The summed E-state index contributed by atoms with van der Waals surface area (Å²) in [6.07, 6.45) is 7.28. The molecule has 1 aromatic rings. The van der Waals surface area contributed by atoms with Gasteiger partial charge in [0.2, 0.25) is 0 Å². The molecule has 1 amide bonds. The van der Waals surface area contributed by atoms with Gasteiger partial charge in [-0.15, -0.1) is 23.5 Å². The van der Waals surface area contributed by atoms with Crippen molar-refractivity contribution in [2.24, 2.45) is 0 Å². The third-order valence-corrected chi connectivity index (χ3v) is 10.0. The van der Waals surface area contributed by atoms with Gasteiger partial charge in [-0.3, -0.25) is 9.69 Å². The lowest BCUT2D eigenvalue weighted by atomic mass is 10.0. The van der Waals surface area contributed by atoms with Gasteiger partial charge in [-0.2, -0.15) is 0 Å². The van der Waals surface area contributed by atoms with Gasteiger partial charge in [0.05, 0.1) is 4.08 Å². The fraction of sp³-hybridized carbons (Fsp3) is 0.696. The van der Waals surface area contributed by atoms with Gasteiger partial charge in [-0.1, -0.05) is 41.9 Å². The van der Waals surface area contributed by atoms with Crippen molar-refractivity contribution >= 4 is 45.4 Å². The molecule has 1 saturated carbocycles. The number of carbonyl (C=O) groups excluding carboxylic acids is 1. The van der Waals surface area contributed by atoms with Crippen molar-refractivity contribution in [1.82, 2.24) is 10.2 Å². The summed E-state index contributed by atoms with van der Waals surface area (Å²) in [6, 6.07) is 8.70.